The third kappa shape index (κ3) is 6.26. The van der Waals surface area contributed by atoms with Gasteiger partial charge in [-0.1, -0.05) is 29.5 Å². The van der Waals surface area contributed by atoms with Crippen molar-refractivity contribution < 1.29 is 19.1 Å². The van der Waals surface area contributed by atoms with Crippen LogP contribution in [-0.2, 0) is 9.59 Å². The molecule has 7 nitrogen and oxygen atoms in total. The first-order valence-electron chi connectivity index (χ1n) is 11.9. The number of aliphatic imine (C=N–C) groups is 1. The molecule has 1 aliphatic rings. The molecule has 4 rings (SSSR count). The Labute approximate surface area is 215 Å². The normalized spacial score (nSPS) is 16.3. The molecule has 1 aliphatic heterocycles. The molecule has 3 aromatic carbocycles. The molecule has 2 amide bonds. The zero-order chi connectivity index (χ0) is 25.5. The van der Waals surface area contributed by atoms with E-state index >= 15 is 0 Å². The second-order valence-corrected chi connectivity index (χ2v) is 9.32. The summed E-state index contributed by atoms with van der Waals surface area (Å²) in [5, 5.41) is 2.80. The maximum Gasteiger partial charge on any atom is 0.247 e. The summed E-state index contributed by atoms with van der Waals surface area (Å²) < 4.78 is 11.0. The zero-order valence-electron chi connectivity index (χ0n) is 20.6. The third-order valence-corrected chi connectivity index (χ3v) is 6.56. The number of carbonyl (C=O) groups excluding carboxylic acids is 2. The smallest absolute Gasteiger partial charge is 0.247 e. The van der Waals surface area contributed by atoms with Crippen molar-refractivity contribution in [2.45, 2.75) is 32.4 Å². The number of hydrogen-bond donors (Lipinski definition) is 1. The van der Waals surface area contributed by atoms with E-state index in [1.54, 1.807) is 4.90 Å². The molecule has 1 atom stereocenters. The van der Waals surface area contributed by atoms with Gasteiger partial charge in [0.25, 0.3) is 0 Å². The minimum absolute atomic E-state index is 0.0349. The molecule has 1 heterocycles. The Kier molecular flexibility index (Phi) is 8.28. The first-order valence-corrected chi connectivity index (χ1v) is 12.8. The summed E-state index contributed by atoms with van der Waals surface area (Å²) in [6.07, 6.45) is 0.0349. The summed E-state index contributed by atoms with van der Waals surface area (Å²) in [6.45, 7) is 6.97. The molecule has 0 spiro atoms. The number of amidine groups is 1. The minimum atomic E-state index is -0.594. The van der Waals surface area contributed by atoms with Crippen LogP contribution in [0.3, 0.4) is 0 Å². The molecule has 0 aliphatic carbocycles. The molecule has 0 aromatic heterocycles. The maximum absolute atomic E-state index is 13.5. The van der Waals surface area contributed by atoms with E-state index in [0.29, 0.717) is 35.4 Å². The molecule has 1 N–H and O–H groups in total. The van der Waals surface area contributed by atoms with Crippen LogP contribution in [0.5, 0.6) is 11.5 Å². The Balaban J connectivity index is 1.57. The second kappa shape index (κ2) is 11.8. The number of thioether (sulfide) groups is 1. The number of anilines is 2. The number of rotatable bonds is 9. The van der Waals surface area contributed by atoms with Gasteiger partial charge in [0.1, 0.15) is 16.7 Å². The summed E-state index contributed by atoms with van der Waals surface area (Å²) >= 11 is 1.29. The molecule has 0 bridgehead atoms. The van der Waals surface area contributed by atoms with Gasteiger partial charge < -0.3 is 14.8 Å². The van der Waals surface area contributed by atoms with Gasteiger partial charge in [0.2, 0.25) is 11.8 Å². The monoisotopic (exact) mass is 503 g/mol. The zero-order valence-corrected chi connectivity index (χ0v) is 21.4. The maximum atomic E-state index is 13.5. The molecule has 36 heavy (non-hydrogen) atoms. The summed E-state index contributed by atoms with van der Waals surface area (Å²) in [5.41, 5.74) is 3.17. The molecule has 1 fully saturated rings. The summed E-state index contributed by atoms with van der Waals surface area (Å²) in [5.74, 6) is 1.07. The van der Waals surface area contributed by atoms with Crippen LogP contribution in [0, 0.1) is 6.92 Å². The molecule has 1 saturated heterocycles. The number of hydrogen-bond acceptors (Lipinski definition) is 6. The van der Waals surface area contributed by atoms with Gasteiger partial charge in [-0.15, -0.1) is 0 Å². The molecule has 186 valence electrons. The Morgan fingerprint density at radius 3 is 2.08 bits per heavy atom. The van der Waals surface area contributed by atoms with Crippen molar-refractivity contribution in [1.29, 1.82) is 0 Å². The number of carbonyl (C=O) groups is 2. The highest BCUT2D eigenvalue weighted by molar-refractivity contribution is 8.16. The lowest BCUT2D eigenvalue weighted by Gasteiger charge is -2.17. The highest BCUT2D eigenvalue weighted by Gasteiger charge is 2.40. The average molecular weight is 504 g/mol. The van der Waals surface area contributed by atoms with E-state index in [0.717, 1.165) is 17.1 Å². The van der Waals surface area contributed by atoms with Crippen molar-refractivity contribution in [3.63, 3.8) is 0 Å². The Morgan fingerprint density at radius 1 is 0.917 bits per heavy atom. The summed E-state index contributed by atoms with van der Waals surface area (Å²) in [4.78, 5) is 32.6. The molecule has 8 heteroatoms. The predicted molar refractivity (Wildman–Crippen MR) is 146 cm³/mol. The van der Waals surface area contributed by atoms with Gasteiger partial charge in [-0.3, -0.25) is 14.5 Å². The van der Waals surface area contributed by atoms with Gasteiger partial charge in [0, 0.05) is 12.1 Å². The molecule has 0 saturated carbocycles. The van der Waals surface area contributed by atoms with Crippen molar-refractivity contribution in [2.24, 2.45) is 4.99 Å². The fourth-order valence-corrected chi connectivity index (χ4v) is 4.84. The number of nitrogens with one attached hydrogen (secondary N) is 1. The van der Waals surface area contributed by atoms with Crippen molar-refractivity contribution in [3.8, 4) is 11.5 Å². The predicted octanol–water partition coefficient (Wildman–Crippen LogP) is 5.96. The van der Waals surface area contributed by atoms with E-state index in [1.165, 1.54) is 11.8 Å². The van der Waals surface area contributed by atoms with Gasteiger partial charge >= 0.3 is 0 Å². The van der Waals surface area contributed by atoms with Crippen LogP contribution in [0.2, 0.25) is 0 Å². The standard InChI is InChI=1S/C28H29N3O4S/c1-4-34-23-14-10-21(11-15-23)30-28-31(22-12-16-24(17-13-22)35-5-2)27(33)25(36-28)18-26(32)29-20-8-6-19(3)7-9-20/h6-17,25H,4-5,18H2,1-3H3,(H,29,32)/t25-/m1/s1. The summed E-state index contributed by atoms with van der Waals surface area (Å²) in [6, 6.07) is 22.2. The lowest BCUT2D eigenvalue weighted by Crippen LogP contribution is -2.33. The lowest BCUT2D eigenvalue weighted by atomic mass is 10.2. The van der Waals surface area contributed by atoms with Gasteiger partial charge in [-0.2, -0.15) is 0 Å². The first-order chi connectivity index (χ1) is 17.5. The van der Waals surface area contributed by atoms with Gasteiger partial charge in [0.15, 0.2) is 5.17 Å². The second-order valence-electron chi connectivity index (χ2n) is 8.15. The number of benzene rings is 3. The molecular formula is C28H29N3O4S. The largest absolute Gasteiger partial charge is 0.494 e. The van der Waals surface area contributed by atoms with Crippen molar-refractivity contribution >= 4 is 45.8 Å². The molecular weight excluding hydrogens is 474 g/mol. The van der Waals surface area contributed by atoms with E-state index < -0.39 is 5.25 Å². The number of ether oxygens (including phenoxy) is 2. The lowest BCUT2D eigenvalue weighted by molar-refractivity contribution is -0.121. The van der Waals surface area contributed by atoms with Crippen LogP contribution in [-0.4, -0.2) is 35.4 Å². The fraction of sp³-hybridized carbons (Fsp3) is 0.250. The van der Waals surface area contributed by atoms with E-state index in [1.807, 2.05) is 93.6 Å². The average Bonchev–Trinajstić information content (AvgIpc) is 3.17. The van der Waals surface area contributed by atoms with Crippen molar-refractivity contribution in [3.05, 3.63) is 78.4 Å². The van der Waals surface area contributed by atoms with Crippen LogP contribution in [0.15, 0.2) is 77.8 Å². The van der Waals surface area contributed by atoms with Crippen LogP contribution in [0.25, 0.3) is 0 Å². The van der Waals surface area contributed by atoms with Crippen molar-refractivity contribution in [1.82, 2.24) is 0 Å². The van der Waals surface area contributed by atoms with E-state index in [-0.39, 0.29) is 18.2 Å². The number of nitrogens with zero attached hydrogens (tertiary/aromatic N) is 2. The number of aryl methyl sites for hydroxylation is 1. The highest BCUT2D eigenvalue weighted by Crippen LogP contribution is 2.36. The molecule has 0 radical (unpaired) electrons. The number of amides is 2. The van der Waals surface area contributed by atoms with Crippen LogP contribution >= 0.6 is 11.8 Å². The van der Waals surface area contributed by atoms with E-state index in [9.17, 15) is 9.59 Å². The molecule has 0 unspecified atom stereocenters. The molecule has 3 aromatic rings. The van der Waals surface area contributed by atoms with E-state index in [2.05, 4.69) is 5.32 Å². The Morgan fingerprint density at radius 2 is 1.50 bits per heavy atom. The SMILES string of the molecule is CCOc1ccc(N=C2S[C@H](CC(=O)Nc3ccc(C)cc3)C(=O)N2c2ccc(OCC)cc2)cc1. The highest BCUT2D eigenvalue weighted by atomic mass is 32.2. The van der Waals surface area contributed by atoms with Gasteiger partial charge in [-0.25, -0.2) is 4.99 Å². The van der Waals surface area contributed by atoms with Crippen molar-refractivity contribution in [2.75, 3.05) is 23.4 Å². The van der Waals surface area contributed by atoms with Crippen LogP contribution in [0.1, 0.15) is 25.8 Å². The Bertz CT molecular complexity index is 1230. The van der Waals surface area contributed by atoms with Gasteiger partial charge in [0.05, 0.1) is 24.6 Å². The Hall–Kier alpha value is -3.78. The minimum Gasteiger partial charge on any atom is -0.494 e. The topological polar surface area (TPSA) is 80.2 Å². The van der Waals surface area contributed by atoms with Crippen LogP contribution in [0.4, 0.5) is 17.1 Å². The first kappa shape index (κ1) is 25.3. The third-order valence-electron chi connectivity index (χ3n) is 5.42. The summed E-state index contributed by atoms with van der Waals surface area (Å²) in [7, 11) is 0. The van der Waals surface area contributed by atoms with E-state index in [4.69, 9.17) is 14.5 Å². The van der Waals surface area contributed by atoms with Gasteiger partial charge in [-0.05, 0) is 81.4 Å². The van der Waals surface area contributed by atoms with Crippen LogP contribution < -0.4 is 19.7 Å². The quantitative estimate of drug-likeness (QED) is 0.390. The fourth-order valence-electron chi connectivity index (χ4n) is 3.68.